The van der Waals surface area contributed by atoms with Crippen LogP contribution in [0.1, 0.15) is 37.4 Å². The zero-order valence-corrected chi connectivity index (χ0v) is 19.8. The standard InChI is InChI=1S/C24H30N2O5S/c1-5-30-21-12-16-10-11-26(24(28)25-17-8-7-9-18(13-17)32-4)20(15-23(27)29-3)19(16)14-22(21)31-6-2/h7-9,12-14,20H,5-6,10-11,15H2,1-4H3,(H,25,28). The van der Waals surface area contributed by atoms with E-state index in [2.05, 4.69) is 5.32 Å². The van der Waals surface area contributed by atoms with Crippen molar-refractivity contribution < 1.29 is 23.8 Å². The van der Waals surface area contributed by atoms with Crippen LogP contribution in [0.5, 0.6) is 11.5 Å². The van der Waals surface area contributed by atoms with Crippen molar-refractivity contribution >= 4 is 29.4 Å². The van der Waals surface area contributed by atoms with Crippen molar-refractivity contribution in [3.8, 4) is 11.5 Å². The number of methoxy groups -OCH3 is 1. The Kier molecular flexibility index (Phi) is 8.27. The lowest BCUT2D eigenvalue weighted by Gasteiger charge is -2.37. The Morgan fingerprint density at radius 2 is 1.84 bits per heavy atom. The van der Waals surface area contributed by atoms with E-state index in [4.69, 9.17) is 14.2 Å². The third-order valence-electron chi connectivity index (χ3n) is 5.33. The molecule has 1 unspecified atom stereocenters. The van der Waals surface area contributed by atoms with Crippen LogP contribution >= 0.6 is 11.8 Å². The number of amides is 2. The van der Waals surface area contributed by atoms with Crippen LogP contribution < -0.4 is 14.8 Å². The molecule has 0 aromatic heterocycles. The van der Waals surface area contributed by atoms with Gasteiger partial charge in [0.05, 0.1) is 32.8 Å². The maximum absolute atomic E-state index is 13.2. The molecule has 1 atom stereocenters. The van der Waals surface area contributed by atoms with Gasteiger partial charge in [-0.3, -0.25) is 4.79 Å². The lowest BCUT2D eigenvalue weighted by atomic mass is 9.90. The molecule has 3 rings (SSSR count). The number of urea groups is 1. The minimum Gasteiger partial charge on any atom is -0.490 e. The zero-order chi connectivity index (χ0) is 23.1. The van der Waals surface area contributed by atoms with Crippen LogP contribution in [-0.4, -0.2) is 50.0 Å². The van der Waals surface area contributed by atoms with E-state index in [9.17, 15) is 9.59 Å². The van der Waals surface area contributed by atoms with Crippen LogP contribution in [0.3, 0.4) is 0 Å². The molecular weight excluding hydrogens is 428 g/mol. The Balaban J connectivity index is 1.94. The highest BCUT2D eigenvalue weighted by Crippen LogP contribution is 2.40. The van der Waals surface area contributed by atoms with Crippen molar-refractivity contribution in [2.24, 2.45) is 0 Å². The number of fused-ring (bicyclic) bond motifs is 1. The summed E-state index contributed by atoms with van der Waals surface area (Å²) in [5, 5.41) is 2.98. The number of hydrogen-bond donors (Lipinski definition) is 1. The molecule has 1 aliphatic heterocycles. The molecule has 2 aromatic carbocycles. The van der Waals surface area contributed by atoms with Gasteiger partial charge in [-0.15, -0.1) is 11.8 Å². The van der Waals surface area contributed by atoms with Crippen molar-refractivity contribution in [3.63, 3.8) is 0 Å². The fraction of sp³-hybridized carbons (Fsp3) is 0.417. The predicted octanol–water partition coefficient (Wildman–Crippen LogP) is 4.90. The van der Waals surface area contributed by atoms with E-state index in [1.165, 1.54) is 7.11 Å². The van der Waals surface area contributed by atoms with Gasteiger partial charge in [0.1, 0.15) is 0 Å². The summed E-state index contributed by atoms with van der Waals surface area (Å²) in [5.74, 6) is 0.909. The molecular formula is C24H30N2O5S. The molecule has 0 saturated heterocycles. The highest BCUT2D eigenvalue weighted by Gasteiger charge is 2.34. The number of ether oxygens (including phenoxy) is 3. The predicted molar refractivity (Wildman–Crippen MR) is 126 cm³/mol. The van der Waals surface area contributed by atoms with E-state index in [0.29, 0.717) is 43.4 Å². The summed E-state index contributed by atoms with van der Waals surface area (Å²) in [4.78, 5) is 28.2. The summed E-state index contributed by atoms with van der Waals surface area (Å²) in [5.41, 5.74) is 2.63. The quantitative estimate of drug-likeness (QED) is 0.448. The Morgan fingerprint density at radius 1 is 1.12 bits per heavy atom. The number of carbonyl (C=O) groups is 2. The second-order valence-electron chi connectivity index (χ2n) is 7.27. The Labute approximate surface area is 193 Å². The maximum atomic E-state index is 13.2. The molecule has 0 saturated carbocycles. The van der Waals surface area contributed by atoms with Gasteiger partial charge in [0.2, 0.25) is 0 Å². The van der Waals surface area contributed by atoms with Crippen LogP contribution in [-0.2, 0) is 16.0 Å². The molecule has 1 aliphatic rings. The summed E-state index contributed by atoms with van der Waals surface area (Å²) in [6, 6.07) is 10.8. The lowest BCUT2D eigenvalue weighted by molar-refractivity contribution is -0.141. The summed E-state index contributed by atoms with van der Waals surface area (Å²) in [6.07, 6.45) is 2.69. The van der Waals surface area contributed by atoms with Gasteiger partial charge in [-0.2, -0.15) is 0 Å². The SMILES string of the molecule is CCOc1cc2c(cc1OCC)C(CC(=O)OC)N(C(=O)Nc1cccc(SC)c1)CC2. The van der Waals surface area contributed by atoms with Gasteiger partial charge in [-0.25, -0.2) is 4.79 Å². The van der Waals surface area contributed by atoms with E-state index in [0.717, 1.165) is 16.0 Å². The largest absolute Gasteiger partial charge is 0.490 e. The van der Waals surface area contributed by atoms with Gasteiger partial charge in [-0.1, -0.05) is 6.07 Å². The van der Waals surface area contributed by atoms with Crippen molar-refractivity contribution in [2.45, 2.75) is 37.6 Å². The molecule has 32 heavy (non-hydrogen) atoms. The first-order chi connectivity index (χ1) is 15.5. The first-order valence-corrected chi connectivity index (χ1v) is 11.9. The monoisotopic (exact) mass is 458 g/mol. The third kappa shape index (κ3) is 5.48. The lowest BCUT2D eigenvalue weighted by Crippen LogP contribution is -2.43. The van der Waals surface area contributed by atoms with Crippen LogP contribution in [0.25, 0.3) is 0 Å². The molecule has 172 valence electrons. The topological polar surface area (TPSA) is 77.1 Å². The number of benzene rings is 2. The molecule has 2 aromatic rings. The molecule has 7 nitrogen and oxygen atoms in total. The highest BCUT2D eigenvalue weighted by atomic mass is 32.2. The van der Waals surface area contributed by atoms with E-state index in [-0.39, 0.29) is 18.4 Å². The van der Waals surface area contributed by atoms with Gasteiger partial charge in [0.15, 0.2) is 11.5 Å². The summed E-state index contributed by atoms with van der Waals surface area (Å²) >= 11 is 1.61. The maximum Gasteiger partial charge on any atom is 0.322 e. The van der Waals surface area contributed by atoms with E-state index >= 15 is 0 Å². The molecule has 0 bridgehead atoms. The normalized spacial score (nSPS) is 15.0. The van der Waals surface area contributed by atoms with Gasteiger partial charge in [-0.05, 0) is 68.0 Å². The zero-order valence-electron chi connectivity index (χ0n) is 19.0. The van der Waals surface area contributed by atoms with Crippen LogP contribution in [0.2, 0.25) is 0 Å². The minimum atomic E-state index is -0.468. The molecule has 0 radical (unpaired) electrons. The van der Waals surface area contributed by atoms with Gasteiger partial charge in [0.25, 0.3) is 0 Å². The van der Waals surface area contributed by atoms with Gasteiger partial charge >= 0.3 is 12.0 Å². The first-order valence-electron chi connectivity index (χ1n) is 10.7. The second-order valence-corrected chi connectivity index (χ2v) is 8.14. The number of carbonyl (C=O) groups excluding carboxylic acids is 2. The molecule has 8 heteroatoms. The van der Waals surface area contributed by atoms with E-state index in [1.807, 2.05) is 56.5 Å². The average Bonchev–Trinajstić information content (AvgIpc) is 2.80. The number of hydrogen-bond acceptors (Lipinski definition) is 6. The van der Waals surface area contributed by atoms with Crippen molar-refractivity contribution in [1.29, 1.82) is 0 Å². The summed E-state index contributed by atoms with van der Waals surface area (Å²) in [7, 11) is 1.36. The van der Waals surface area contributed by atoms with Crippen LogP contribution in [0.4, 0.5) is 10.5 Å². The Hall–Kier alpha value is -2.87. The van der Waals surface area contributed by atoms with E-state index in [1.54, 1.807) is 16.7 Å². The van der Waals surface area contributed by atoms with Crippen molar-refractivity contribution in [2.75, 3.05) is 38.4 Å². The van der Waals surface area contributed by atoms with Crippen molar-refractivity contribution in [3.05, 3.63) is 47.5 Å². The Morgan fingerprint density at radius 3 is 2.50 bits per heavy atom. The summed E-state index contributed by atoms with van der Waals surface area (Å²) in [6.45, 7) is 5.31. The molecule has 2 amide bonds. The molecule has 0 spiro atoms. The smallest absolute Gasteiger partial charge is 0.322 e. The first kappa shape index (κ1) is 23.8. The van der Waals surface area contributed by atoms with Gasteiger partial charge < -0.3 is 24.4 Å². The van der Waals surface area contributed by atoms with Gasteiger partial charge in [0, 0.05) is 17.1 Å². The fourth-order valence-corrected chi connectivity index (χ4v) is 4.31. The highest BCUT2D eigenvalue weighted by molar-refractivity contribution is 7.98. The van der Waals surface area contributed by atoms with Crippen molar-refractivity contribution in [1.82, 2.24) is 4.90 Å². The number of nitrogens with zero attached hydrogens (tertiary/aromatic N) is 1. The molecule has 0 aliphatic carbocycles. The number of thioether (sulfide) groups is 1. The summed E-state index contributed by atoms with van der Waals surface area (Å²) < 4.78 is 16.5. The van der Waals surface area contributed by atoms with E-state index < -0.39 is 6.04 Å². The number of rotatable bonds is 8. The second kappa shape index (κ2) is 11.1. The molecule has 0 fully saturated rings. The fourth-order valence-electron chi connectivity index (χ4n) is 3.85. The third-order valence-corrected chi connectivity index (χ3v) is 6.06. The number of esters is 1. The molecule has 1 heterocycles. The molecule has 1 N–H and O–H groups in total. The number of anilines is 1. The number of nitrogens with one attached hydrogen (secondary N) is 1. The van der Waals surface area contributed by atoms with Crippen LogP contribution in [0.15, 0.2) is 41.3 Å². The average molecular weight is 459 g/mol. The van der Waals surface area contributed by atoms with Crippen LogP contribution in [0, 0.1) is 0 Å². The Bertz CT molecular complexity index is 965. The minimum absolute atomic E-state index is 0.0569.